The number of hydrogen-bond acceptors (Lipinski definition) is 5. The van der Waals surface area contributed by atoms with Gasteiger partial charge >= 0.3 is 6.18 Å². The number of alkyl halides is 3. The number of halogens is 5. The Morgan fingerprint density at radius 2 is 1.76 bits per heavy atom. The van der Waals surface area contributed by atoms with E-state index in [-0.39, 0.29) is 21.2 Å². The average Bonchev–Trinajstić information content (AvgIpc) is 3.50. The number of H-pyrrole nitrogens is 1. The number of benzene rings is 3. The lowest BCUT2D eigenvalue weighted by molar-refractivity contribution is -0.170. The number of rotatable bonds is 9. The number of aromatic amines is 1. The lowest BCUT2D eigenvalue weighted by atomic mass is 10.1. The van der Waals surface area contributed by atoms with E-state index in [1.807, 2.05) is 18.2 Å². The van der Waals surface area contributed by atoms with Gasteiger partial charge in [-0.15, -0.1) is 0 Å². The van der Waals surface area contributed by atoms with Gasteiger partial charge in [0.25, 0.3) is 0 Å². The van der Waals surface area contributed by atoms with Gasteiger partial charge in [0.15, 0.2) is 15.6 Å². The molecule has 6 nitrogen and oxygen atoms in total. The van der Waals surface area contributed by atoms with Crippen LogP contribution in [0, 0.1) is 0 Å². The maximum atomic E-state index is 12.7. The summed E-state index contributed by atoms with van der Waals surface area (Å²) in [6, 6.07) is 15.8. The Balaban J connectivity index is 1.22. The standard InChI is InChI=1S/C29H20BrClF3NO5S/c30-21-4-3-17-8-19(9-18(17)10-21)25-12-20-11-24(31)27(13-26(20)35-25)40-14-22(36)15-41(38,39)23-5-1-16(2-6-23)7-28(37)29(32,33)34/h1-6,8,10-13,35H,7,9,14-15H2. The minimum absolute atomic E-state index is 0.000254. The van der Waals surface area contributed by atoms with E-state index in [1.165, 1.54) is 5.56 Å². The van der Waals surface area contributed by atoms with E-state index in [0.29, 0.717) is 0 Å². The largest absolute Gasteiger partial charge is 0.484 e. The summed E-state index contributed by atoms with van der Waals surface area (Å²) in [5.74, 6) is -3.37. The number of fused-ring (bicyclic) bond motifs is 2. The quantitative estimate of drug-likeness (QED) is 0.213. The van der Waals surface area contributed by atoms with E-state index in [0.717, 1.165) is 62.9 Å². The first-order chi connectivity index (χ1) is 19.3. The van der Waals surface area contributed by atoms with E-state index in [9.17, 15) is 31.2 Å². The van der Waals surface area contributed by atoms with Crippen molar-refractivity contribution in [1.29, 1.82) is 0 Å². The van der Waals surface area contributed by atoms with Gasteiger partial charge < -0.3 is 9.72 Å². The fourth-order valence-electron chi connectivity index (χ4n) is 4.50. The van der Waals surface area contributed by atoms with Gasteiger partial charge in [0.05, 0.1) is 9.92 Å². The molecule has 4 aromatic rings. The molecule has 0 fully saturated rings. The second-order valence-corrected chi connectivity index (χ2v) is 12.9. The summed E-state index contributed by atoms with van der Waals surface area (Å²) in [4.78, 5) is 26.7. The SMILES string of the molecule is O=C(COc1cc2[nH]c(C3=Cc4ccc(Br)cc4C3)cc2cc1Cl)CS(=O)(=O)c1ccc(CC(=O)C(F)(F)F)cc1. The number of sulfone groups is 1. The lowest BCUT2D eigenvalue weighted by Crippen LogP contribution is -2.24. The highest BCUT2D eigenvalue weighted by molar-refractivity contribution is 9.10. The lowest BCUT2D eigenvalue weighted by Gasteiger charge is -2.09. The first kappa shape index (κ1) is 29.1. The molecule has 0 aliphatic heterocycles. The van der Waals surface area contributed by atoms with Gasteiger partial charge in [-0.2, -0.15) is 13.2 Å². The number of hydrogen-bond donors (Lipinski definition) is 1. The number of Topliss-reactive ketones (excluding diaryl/α,β-unsaturated/α-hetero) is 2. The van der Waals surface area contributed by atoms with Crippen LogP contribution >= 0.6 is 27.5 Å². The smallest absolute Gasteiger partial charge is 0.450 e. The summed E-state index contributed by atoms with van der Waals surface area (Å²) in [5.41, 5.74) is 5.09. The topological polar surface area (TPSA) is 93.3 Å². The maximum absolute atomic E-state index is 12.7. The van der Waals surface area contributed by atoms with Gasteiger partial charge in [-0.25, -0.2) is 8.42 Å². The molecule has 5 rings (SSSR count). The van der Waals surface area contributed by atoms with E-state index < -0.39 is 46.4 Å². The number of ketones is 2. The van der Waals surface area contributed by atoms with Crippen molar-refractivity contribution in [3.05, 3.63) is 92.5 Å². The van der Waals surface area contributed by atoms with Gasteiger partial charge in [0, 0.05) is 40.0 Å². The van der Waals surface area contributed by atoms with Crippen LogP contribution in [0.3, 0.4) is 0 Å². The first-order valence-electron chi connectivity index (χ1n) is 12.2. The molecule has 3 aromatic carbocycles. The molecule has 1 aliphatic carbocycles. The van der Waals surface area contributed by atoms with Crippen LogP contribution in [0.1, 0.15) is 22.4 Å². The molecule has 41 heavy (non-hydrogen) atoms. The molecule has 0 bridgehead atoms. The number of allylic oxidation sites excluding steroid dienone is 1. The molecule has 0 spiro atoms. The molecule has 0 radical (unpaired) electrons. The molecule has 0 atom stereocenters. The van der Waals surface area contributed by atoms with Gasteiger partial charge in [-0.05, 0) is 64.7 Å². The van der Waals surface area contributed by atoms with Crippen molar-refractivity contribution < 1.29 is 35.9 Å². The second kappa shape index (κ2) is 11.1. The number of carbonyl (C=O) groups is 2. The van der Waals surface area contributed by atoms with Crippen LogP contribution in [0.5, 0.6) is 5.75 Å². The number of nitrogens with one attached hydrogen (secondary N) is 1. The third kappa shape index (κ3) is 6.58. The van der Waals surface area contributed by atoms with Crippen molar-refractivity contribution >= 4 is 71.5 Å². The Bertz CT molecular complexity index is 1830. The van der Waals surface area contributed by atoms with Crippen molar-refractivity contribution in [2.75, 3.05) is 12.4 Å². The number of carbonyl (C=O) groups excluding carboxylic acids is 2. The van der Waals surface area contributed by atoms with Crippen molar-refractivity contribution in [3.8, 4) is 5.75 Å². The second-order valence-electron chi connectivity index (χ2n) is 9.57. The number of aromatic nitrogens is 1. The van der Waals surface area contributed by atoms with Crippen LogP contribution in [-0.2, 0) is 32.3 Å². The molecule has 1 aliphatic rings. The summed E-state index contributed by atoms with van der Waals surface area (Å²) in [6.07, 6.45) is -3.02. The molecule has 0 amide bonds. The monoisotopic (exact) mass is 665 g/mol. The molecular formula is C29H20BrClF3NO5S. The molecular weight excluding hydrogens is 647 g/mol. The van der Waals surface area contributed by atoms with E-state index in [2.05, 4.69) is 33.1 Å². The summed E-state index contributed by atoms with van der Waals surface area (Å²) in [7, 11) is -4.10. The van der Waals surface area contributed by atoms with Gasteiger partial charge in [0.1, 0.15) is 18.1 Å². The minimum atomic E-state index is -4.98. The predicted octanol–water partition coefficient (Wildman–Crippen LogP) is 6.78. The Labute approximate surface area is 246 Å². The summed E-state index contributed by atoms with van der Waals surface area (Å²) < 4.78 is 69.2. The molecule has 1 N–H and O–H groups in total. The molecule has 1 aromatic heterocycles. The fraction of sp³-hybridized carbons (Fsp3) is 0.172. The molecule has 0 saturated carbocycles. The Morgan fingerprint density at radius 3 is 2.46 bits per heavy atom. The Kier molecular flexibility index (Phi) is 7.88. The first-order valence-corrected chi connectivity index (χ1v) is 15.0. The summed E-state index contributed by atoms with van der Waals surface area (Å²) in [5, 5.41) is 1.08. The highest BCUT2D eigenvalue weighted by Crippen LogP contribution is 2.36. The van der Waals surface area contributed by atoms with Gasteiger partial charge in [-0.3, -0.25) is 9.59 Å². The van der Waals surface area contributed by atoms with Gasteiger partial charge in [-0.1, -0.05) is 45.7 Å². The molecule has 0 saturated heterocycles. The third-order valence-electron chi connectivity index (χ3n) is 6.54. The highest BCUT2D eigenvalue weighted by atomic mass is 79.9. The zero-order valence-corrected chi connectivity index (χ0v) is 24.2. The zero-order chi connectivity index (χ0) is 29.5. The molecule has 12 heteroatoms. The van der Waals surface area contributed by atoms with Gasteiger partial charge in [0.2, 0.25) is 5.78 Å². The molecule has 1 heterocycles. The van der Waals surface area contributed by atoms with Crippen molar-refractivity contribution in [2.24, 2.45) is 0 Å². The van der Waals surface area contributed by atoms with Crippen LogP contribution in [0.25, 0.3) is 22.6 Å². The highest BCUT2D eigenvalue weighted by Gasteiger charge is 2.37. The summed E-state index contributed by atoms with van der Waals surface area (Å²) in [6.45, 7) is -0.564. The normalized spacial score (nSPS) is 13.2. The average molecular weight is 667 g/mol. The van der Waals surface area contributed by atoms with Crippen molar-refractivity contribution in [2.45, 2.75) is 23.9 Å². The van der Waals surface area contributed by atoms with Crippen LogP contribution < -0.4 is 4.74 Å². The van der Waals surface area contributed by atoms with Crippen LogP contribution in [0.4, 0.5) is 13.2 Å². The predicted molar refractivity (Wildman–Crippen MR) is 153 cm³/mol. The van der Waals surface area contributed by atoms with Crippen molar-refractivity contribution in [3.63, 3.8) is 0 Å². The van der Waals surface area contributed by atoms with Crippen molar-refractivity contribution in [1.82, 2.24) is 4.98 Å². The van der Waals surface area contributed by atoms with Crippen LogP contribution in [0.15, 0.2) is 70.0 Å². The number of ether oxygens (including phenoxy) is 1. The van der Waals surface area contributed by atoms with E-state index in [1.54, 1.807) is 12.1 Å². The third-order valence-corrected chi connectivity index (χ3v) is 9.02. The summed E-state index contributed by atoms with van der Waals surface area (Å²) >= 11 is 9.87. The maximum Gasteiger partial charge on any atom is 0.450 e. The zero-order valence-electron chi connectivity index (χ0n) is 21.0. The van der Waals surface area contributed by atoms with Crippen LogP contribution in [-0.4, -0.2) is 43.5 Å². The molecule has 0 unspecified atom stereocenters. The molecule has 212 valence electrons. The Morgan fingerprint density at radius 1 is 1.02 bits per heavy atom. The van der Waals surface area contributed by atoms with Crippen LogP contribution in [0.2, 0.25) is 5.02 Å². The minimum Gasteiger partial charge on any atom is -0.484 e. The fourth-order valence-corrected chi connectivity index (χ4v) is 6.36. The Hall–Kier alpha value is -3.41. The van der Waals surface area contributed by atoms with E-state index >= 15 is 0 Å². The van der Waals surface area contributed by atoms with E-state index in [4.69, 9.17) is 16.3 Å².